The van der Waals surface area contributed by atoms with Gasteiger partial charge in [-0.25, -0.2) is 13.2 Å². The molecule has 1 saturated carbocycles. The molecule has 3 aromatic rings. The van der Waals surface area contributed by atoms with Crippen molar-refractivity contribution < 1.29 is 27.1 Å². The highest BCUT2D eigenvalue weighted by atomic mass is 19.1. The first-order valence-electron chi connectivity index (χ1n) is 16.4. The van der Waals surface area contributed by atoms with E-state index >= 15 is 8.78 Å². The molecule has 2 N–H and O–H groups in total. The van der Waals surface area contributed by atoms with Gasteiger partial charge >= 0.3 is 6.01 Å². The molecule has 11 heteroatoms. The number of piperazine rings is 1. The number of aromatic nitrogens is 3. The Morgan fingerprint density at radius 3 is 2.79 bits per heavy atom. The minimum Gasteiger partial charge on any atom is -0.508 e. The third-order valence-electron chi connectivity index (χ3n) is 9.93. The van der Waals surface area contributed by atoms with Crippen molar-refractivity contribution >= 4 is 16.7 Å². The first-order valence-corrected chi connectivity index (χ1v) is 14.9. The zero-order chi connectivity index (χ0) is 31.3. The predicted octanol–water partition coefficient (Wildman–Crippen LogP) is 4.84. The molecule has 6 fully saturated rings. The molecule has 2 unspecified atom stereocenters. The Labute approximate surface area is 246 Å². The van der Waals surface area contributed by atoms with Gasteiger partial charge in [0.25, 0.3) is 0 Å². The molecule has 4 atom stereocenters. The number of hydrogen-bond donors (Lipinski definition) is 2. The SMILES string of the molecule is [2H]C1([2H])CC[C@@]2(COc3nc(N4CC5CCC4CN5)c4cnc(-c5cc(O)cc(F)c5C5CCC5)c(F)c4n3)C[C@@]([2H])(F)CN12. The van der Waals surface area contributed by atoms with Crippen molar-refractivity contribution in [3.63, 3.8) is 0 Å². The standard InChI is InChI=1S/C31H35F3N6O2/c32-18-11-31(7-2-8-39(31)14-18)16-42-30-37-28-23(29(38-30)40-15-19-5-6-20(40)12-35-19)13-36-27(26(28)34)22-9-21(41)10-24(33)25(22)17-3-1-4-17/h9-10,13,17-20,35,41H,1-8,11-12,14-16H2/t18-,19?,20?,31+/m1/s1/i8D2,18D. The summed E-state index contributed by atoms with van der Waals surface area (Å²) in [5, 5.41) is 14.2. The lowest BCUT2D eigenvalue weighted by molar-refractivity contribution is 0.107. The molecular formula is C31H35F3N6O2. The first kappa shape index (κ1) is 23.3. The molecule has 5 saturated heterocycles. The van der Waals surface area contributed by atoms with E-state index in [1.54, 1.807) is 0 Å². The van der Waals surface area contributed by atoms with E-state index in [1.807, 2.05) is 0 Å². The number of nitrogens with one attached hydrogen (secondary N) is 1. The van der Waals surface area contributed by atoms with Gasteiger partial charge in [0.2, 0.25) is 0 Å². The number of phenols is 1. The molecule has 5 aliphatic heterocycles. The number of anilines is 1. The highest BCUT2D eigenvalue weighted by molar-refractivity contribution is 5.92. The third-order valence-corrected chi connectivity index (χ3v) is 9.93. The monoisotopic (exact) mass is 583 g/mol. The number of fused-ring (bicyclic) bond motifs is 5. The molecule has 7 heterocycles. The second-order valence-corrected chi connectivity index (χ2v) is 12.5. The van der Waals surface area contributed by atoms with Crippen LogP contribution in [0.25, 0.3) is 22.2 Å². The highest BCUT2D eigenvalue weighted by Gasteiger charge is 2.49. The van der Waals surface area contributed by atoms with Gasteiger partial charge in [-0.05, 0) is 57.0 Å². The number of piperidine rings is 2. The molecule has 42 heavy (non-hydrogen) atoms. The number of ether oxygens (including phenoxy) is 1. The summed E-state index contributed by atoms with van der Waals surface area (Å²) >= 11 is 0. The number of halogens is 3. The Hall–Kier alpha value is -3.18. The van der Waals surface area contributed by atoms with Gasteiger partial charge in [-0.1, -0.05) is 6.42 Å². The van der Waals surface area contributed by atoms with Crippen LogP contribution in [-0.4, -0.2) is 81.5 Å². The van der Waals surface area contributed by atoms with Crippen LogP contribution >= 0.6 is 0 Å². The summed E-state index contributed by atoms with van der Waals surface area (Å²) in [4.78, 5) is 17.2. The van der Waals surface area contributed by atoms with Crippen molar-refractivity contribution in [2.24, 2.45) is 0 Å². The van der Waals surface area contributed by atoms with Crippen LogP contribution in [0.2, 0.25) is 0 Å². The van der Waals surface area contributed by atoms with Gasteiger partial charge in [0, 0.05) is 64.3 Å². The van der Waals surface area contributed by atoms with E-state index in [9.17, 15) is 9.50 Å². The summed E-state index contributed by atoms with van der Waals surface area (Å²) in [6, 6.07) is 2.59. The Bertz CT molecular complexity index is 1690. The van der Waals surface area contributed by atoms with Crippen molar-refractivity contribution in [2.45, 2.75) is 81.1 Å². The van der Waals surface area contributed by atoms with Gasteiger partial charge in [0.1, 0.15) is 41.3 Å². The molecule has 9 rings (SSSR count). The largest absolute Gasteiger partial charge is 0.508 e. The fourth-order valence-corrected chi connectivity index (χ4v) is 7.49. The second-order valence-electron chi connectivity index (χ2n) is 12.5. The number of alkyl halides is 1. The van der Waals surface area contributed by atoms with Gasteiger partial charge in [-0.2, -0.15) is 9.97 Å². The van der Waals surface area contributed by atoms with Gasteiger partial charge in [-0.15, -0.1) is 0 Å². The number of hydrogen-bond acceptors (Lipinski definition) is 8. The van der Waals surface area contributed by atoms with E-state index in [4.69, 9.17) is 13.8 Å². The Morgan fingerprint density at radius 1 is 1.17 bits per heavy atom. The van der Waals surface area contributed by atoms with Crippen LogP contribution in [0.4, 0.5) is 19.0 Å². The highest BCUT2D eigenvalue weighted by Crippen LogP contribution is 2.45. The maximum Gasteiger partial charge on any atom is 0.319 e. The van der Waals surface area contributed by atoms with Crippen molar-refractivity contribution in [3.05, 3.63) is 35.5 Å². The molecule has 2 aromatic heterocycles. The Morgan fingerprint density at radius 2 is 2.05 bits per heavy atom. The number of pyridine rings is 1. The van der Waals surface area contributed by atoms with Gasteiger partial charge < -0.3 is 20.1 Å². The van der Waals surface area contributed by atoms with E-state index in [2.05, 4.69) is 20.2 Å². The second kappa shape index (κ2) is 9.94. The van der Waals surface area contributed by atoms with Crippen LogP contribution in [0, 0.1) is 11.6 Å². The van der Waals surface area contributed by atoms with Crippen molar-refractivity contribution in [2.75, 3.05) is 37.6 Å². The summed E-state index contributed by atoms with van der Waals surface area (Å²) in [5.74, 6) is -1.37. The predicted molar refractivity (Wildman–Crippen MR) is 152 cm³/mol. The van der Waals surface area contributed by atoms with Crippen LogP contribution in [0.15, 0.2) is 18.3 Å². The van der Waals surface area contributed by atoms with Crippen molar-refractivity contribution in [1.29, 1.82) is 0 Å². The van der Waals surface area contributed by atoms with Crippen molar-refractivity contribution in [3.8, 4) is 23.0 Å². The molecule has 8 nitrogen and oxygen atoms in total. The summed E-state index contributed by atoms with van der Waals surface area (Å²) in [7, 11) is 0. The molecule has 222 valence electrons. The van der Waals surface area contributed by atoms with Gasteiger partial charge in [0.15, 0.2) is 5.82 Å². The molecule has 0 amide bonds. The fourth-order valence-electron chi connectivity index (χ4n) is 7.49. The lowest BCUT2D eigenvalue weighted by atomic mass is 9.77. The molecule has 0 radical (unpaired) electrons. The zero-order valence-electron chi connectivity index (χ0n) is 26.2. The minimum atomic E-state index is -2.33. The van der Waals surface area contributed by atoms with E-state index in [0.29, 0.717) is 29.7 Å². The number of nitrogens with zero attached hydrogens (tertiary/aromatic N) is 5. The number of phenolic OH excluding ortho intramolecular Hbond substituents is 1. The summed E-state index contributed by atoms with van der Waals surface area (Å²) in [6.07, 6.45) is 3.80. The normalized spacial score (nSPS) is 33.3. The minimum absolute atomic E-state index is 0.0689. The Balaban J connectivity index is 1.23. The number of aromatic hydroxyl groups is 1. The van der Waals surface area contributed by atoms with E-state index in [0.717, 1.165) is 44.7 Å². The smallest absolute Gasteiger partial charge is 0.319 e. The molecule has 2 bridgehead atoms. The average molecular weight is 584 g/mol. The van der Waals surface area contributed by atoms with Crippen LogP contribution in [0.5, 0.6) is 11.8 Å². The lowest BCUT2D eigenvalue weighted by Crippen LogP contribution is -2.61. The van der Waals surface area contributed by atoms with Gasteiger partial charge in [0.05, 0.1) is 12.3 Å². The first-order chi connectivity index (χ1) is 21.4. The molecule has 1 aliphatic carbocycles. The van der Waals surface area contributed by atoms with Crippen LogP contribution < -0.4 is 15.0 Å². The van der Waals surface area contributed by atoms with E-state index in [1.165, 1.54) is 17.2 Å². The summed E-state index contributed by atoms with van der Waals surface area (Å²) in [5.41, 5.74) is -0.747. The van der Waals surface area contributed by atoms with Crippen molar-refractivity contribution in [1.82, 2.24) is 25.2 Å². The van der Waals surface area contributed by atoms with E-state index in [-0.39, 0.29) is 72.5 Å². The Kier molecular flexibility index (Phi) is 5.51. The molecule has 1 aromatic carbocycles. The fraction of sp³-hybridized carbons (Fsp3) is 0.581. The topological polar surface area (TPSA) is 86.6 Å². The molecular weight excluding hydrogens is 545 g/mol. The van der Waals surface area contributed by atoms with Crippen LogP contribution in [-0.2, 0) is 0 Å². The lowest BCUT2D eigenvalue weighted by Gasteiger charge is -2.46. The van der Waals surface area contributed by atoms with Crippen LogP contribution in [0.3, 0.4) is 0 Å². The number of benzene rings is 1. The van der Waals surface area contributed by atoms with E-state index < -0.39 is 29.8 Å². The number of rotatable bonds is 6. The quantitative estimate of drug-likeness (QED) is 0.427. The van der Waals surface area contributed by atoms with Crippen LogP contribution in [0.1, 0.15) is 67.0 Å². The zero-order valence-corrected chi connectivity index (χ0v) is 23.2. The maximum atomic E-state index is 16.7. The summed E-state index contributed by atoms with van der Waals surface area (Å²) in [6.45, 7) is -0.939. The third kappa shape index (κ3) is 4.22. The average Bonchev–Trinajstić information content (AvgIpc) is 3.40. The maximum absolute atomic E-state index is 16.7. The molecule has 6 aliphatic rings. The molecule has 0 spiro atoms. The van der Waals surface area contributed by atoms with Gasteiger partial charge in [-0.3, -0.25) is 9.88 Å². The summed E-state index contributed by atoms with van der Waals surface area (Å²) < 4.78 is 77.8.